The Morgan fingerprint density at radius 3 is 2.30 bits per heavy atom. The highest BCUT2D eigenvalue weighted by Crippen LogP contribution is 2.12. The Labute approximate surface area is 193 Å². The van der Waals surface area contributed by atoms with Gasteiger partial charge in [-0.05, 0) is 5.56 Å². The monoisotopic (exact) mass is 532 g/mol. The largest absolute Gasteiger partial charge is 0.378 e. The van der Waals surface area contributed by atoms with Crippen molar-refractivity contribution in [2.45, 2.75) is 6.54 Å². The van der Waals surface area contributed by atoms with Gasteiger partial charge in [0.1, 0.15) is 0 Å². The SMILES string of the molecule is CN=C(NCc1ccc([N+](=O)[O-])cc1)N1CCN(CC(=O)N2CCOCC2)CC1.I. The van der Waals surface area contributed by atoms with E-state index in [4.69, 9.17) is 4.74 Å². The summed E-state index contributed by atoms with van der Waals surface area (Å²) in [6.07, 6.45) is 0. The van der Waals surface area contributed by atoms with E-state index in [-0.39, 0.29) is 35.6 Å². The van der Waals surface area contributed by atoms with E-state index in [9.17, 15) is 14.9 Å². The zero-order valence-electron chi connectivity index (χ0n) is 17.2. The number of hydrogen-bond acceptors (Lipinski definition) is 6. The summed E-state index contributed by atoms with van der Waals surface area (Å²) >= 11 is 0. The lowest BCUT2D eigenvalue weighted by Gasteiger charge is -2.37. The van der Waals surface area contributed by atoms with Crippen LogP contribution in [-0.4, -0.2) is 97.6 Å². The molecule has 0 atom stereocenters. The van der Waals surface area contributed by atoms with Crippen molar-refractivity contribution in [2.75, 3.05) is 66.1 Å². The number of carbonyl (C=O) groups excluding carboxylic acids is 1. The lowest BCUT2D eigenvalue weighted by atomic mass is 10.2. The number of nitro groups is 1. The molecule has 11 heteroatoms. The molecule has 0 radical (unpaired) electrons. The maximum Gasteiger partial charge on any atom is 0.269 e. The van der Waals surface area contributed by atoms with Gasteiger partial charge < -0.3 is 19.9 Å². The third-order valence-corrected chi connectivity index (χ3v) is 5.20. The number of aliphatic imine (C=N–C) groups is 1. The summed E-state index contributed by atoms with van der Waals surface area (Å²) in [6, 6.07) is 6.50. The van der Waals surface area contributed by atoms with E-state index < -0.39 is 4.92 Å². The van der Waals surface area contributed by atoms with E-state index in [1.165, 1.54) is 12.1 Å². The third kappa shape index (κ3) is 6.77. The number of hydrogen-bond donors (Lipinski definition) is 1. The van der Waals surface area contributed by atoms with Crippen LogP contribution in [0.15, 0.2) is 29.3 Å². The van der Waals surface area contributed by atoms with E-state index in [1.54, 1.807) is 19.2 Å². The second kappa shape index (κ2) is 12.0. The summed E-state index contributed by atoms with van der Waals surface area (Å²) in [4.78, 5) is 33.3. The average Bonchev–Trinajstić information content (AvgIpc) is 2.76. The number of nitrogens with one attached hydrogen (secondary N) is 1. The van der Waals surface area contributed by atoms with Gasteiger partial charge >= 0.3 is 0 Å². The van der Waals surface area contributed by atoms with Gasteiger partial charge in [-0.2, -0.15) is 0 Å². The van der Waals surface area contributed by atoms with Crippen LogP contribution in [0.2, 0.25) is 0 Å². The predicted molar refractivity (Wildman–Crippen MR) is 124 cm³/mol. The summed E-state index contributed by atoms with van der Waals surface area (Å²) < 4.78 is 5.30. The van der Waals surface area contributed by atoms with Gasteiger partial charge in [0.25, 0.3) is 5.69 Å². The molecule has 1 N–H and O–H groups in total. The van der Waals surface area contributed by atoms with Crippen LogP contribution in [0.4, 0.5) is 5.69 Å². The molecule has 10 nitrogen and oxygen atoms in total. The first kappa shape index (κ1) is 24.3. The van der Waals surface area contributed by atoms with Gasteiger partial charge in [0, 0.05) is 65.0 Å². The number of guanidine groups is 1. The van der Waals surface area contributed by atoms with Crippen LogP contribution in [-0.2, 0) is 16.1 Å². The van der Waals surface area contributed by atoms with Gasteiger partial charge in [-0.25, -0.2) is 0 Å². The lowest BCUT2D eigenvalue weighted by Crippen LogP contribution is -2.54. The normalized spacial score (nSPS) is 18.0. The van der Waals surface area contributed by atoms with Crippen molar-refractivity contribution in [3.63, 3.8) is 0 Å². The quantitative estimate of drug-likeness (QED) is 0.197. The average molecular weight is 532 g/mol. The maximum absolute atomic E-state index is 12.4. The van der Waals surface area contributed by atoms with E-state index in [0.29, 0.717) is 39.4 Å². The van der Waals surface area contributed by atoms with Crippen LogP contribution in [0.3, 0.4) is 0 Å². The number of non-ortho nitro benzene ring substituents is 1. The number of benzene rings is 1. The minimum Gasteiger partial charge on any atom is -0.378 e. The fourth-order valence-corrected chi connectivity index (χ4v) is 3.47. The van der Waals surface area contributed by atoms with Crippen molar-refractivity contribution < 1.29 is 14.5 Å². The molecule has 0 spiro atoms. The molecule has 2 saturated heterocycles. The van der Waals surface area contributed by atoms with Gasteiger partial charge in [0.15, 0.2) is 5.96 Å². The Kier molecular flexibility index (Phi) is 9.72. The van der Waals surface area contributed by atoms with E-state index in [2.05, 4.69) is 20.1 Å². The molecule has 0 saturated carbocycles. The van der Waals surface area contributed by atoms with Gasteiger partial charge in [-0.3, -0.25) is 24.8 Å². The number of piperazine rings is 1. The number of halogens is 1. The molecule has 0 unspecified atom stereocenters. The Morgan fingerprint density at radius 2 is 1.73 bits per heavy atom. The summed E-state index contributed by atoms with van der Waals surface area (Å²) in [7, 11) is 1.74. The number of nitro benzene ring substituents is 1. The van der Waals surface area contributed by atoms with Crippen molar-refractivity contribution in [1.29, 1.82) is 0 Å². The van der Waals surface area contributed by atoms with Crippen LogP contribution in [0, 0.1) is 10.1 Å². The molecule has 0 aromatic heterocycles. The number of carbonyl (C=O) groups is 1. The Morgan fingerprint density at radius 1 is 1.10 bits per heavy atom. The van der Waals surface area contributed by atoms with Crippen LogP contribution in [0.5, 0.6) is 0 Å². The molecule has 166 valence electrons. The Hall–Kier alpha value is -1.99. The van der Waals surface area contributed by atoms with Gasteiger partial charge in [-0.15, -0.1) is 24.0 Å². The lowest BCUT2D eigenvalue weighted by molar-refractivity contribution is -0.384. The zero-order valence-corrected chi connectivity index (χ0v) is 19.5. The first-order chi connectivity index (χ1) is 14.1. The minimum absolute atomic E-state index is 0. The van der Waals surface area contributed by atoms with Crippen LogP contribution < -0.4 is 5.32 Å². The topological polar surface area (TPSA) is 104 Å². The number of rotatable bonds is 5. The molecule has 3 rings (SSSR count). The maximum atomic E-state index is 12.4. The fourth-order valence-electron chi connectivity index (χ4n) is 3.47. The van der Waals surface area contributed by atoms with Crippen LogP contribution >= 0.6 is 24.0 Å². The molecule has 1 aromatic carbocycles. The van der Waals surface area contributed by atoms with E-state index in [0.717, 1.165) is 37.7 Å². The van der Waals surface area contributed by atoms with Gasteiger partial charge in [0.05, 0.1) is 24.7 Å². The molecule has 1 aromatic rings. The van der Waals surface area contributed by atoms with Crippen LogP contribution in [0.25, 0.3) is 0 Å². The molecule has 0 aliphatic carbocycles. The van der Waals surface area contributed by atoms with E-state index in [1.807, 2.05) is 4.90 Å². The fraction of sp³-hybridized carbons (Fsp3) is 0.579. The van der Waals surface area contributed by atoms with Gasteiger partial charge in [0.2, 0.25) is 5.91 Å². The molecule has 30 heavy (non-hydrogen) atoms. The van der Waals surface area contributed by atoms with Gasteiger partial charge in [-0.1, -0.05) is 12.1 Å². The minimum atomic E-state index is -0.403. The second-order valence-electron chi connectivity index (χ2n) is 7.08. The molecule has 2 heterocycles. The number of amides is 1. The van der Waals surface area contributed by atoms with Crippen molar-refractivity contribution in [3.8, 4) is 0 Å². The Bertz CT molecular complexity index is 731. The van der Waals surface area contributed by atoms with Crippen molar-refractivity contribution in [1.82, 2.24) is 20.0 Å². The second-order valence-corrected chi connectivity index (χ2v) is 7.08. The standard InChI is InChI=1S/C19H28N6O4.HI/c1-20-19(21-14-16-2-4-17(5-3-16)25(27)28)24-8-6-22(7-9-24)15-18(26)23-10-12-29-13-11-23;/h2-5H,6-15H2,1H3,(H,20,21);1H. The molecule has 1 amide bonds. The molecular weight excluding hydrogens is 503 g/mol. The molecule has 2 aliphatic heterocycles. The summed E-state index contributed by atoms with van der Waals surface area (Å²) in [5, 5.41) is 14.1. The predicted octanol–water partition coefficient (Wildman–Crippen LogP) is 0.765. The molecule has 0 bridgehead atoms. The molecule has 2 fully saturated rings. The molecule has 2 aliphatic rings. The first-order valence-corrected chi connectivity index (χ1v) is 9.83. The highest BCUT2D eigenvalue weighted by atomic mass is 127. The zero-order chi connectivity index (χ0) is 20.6. The smallest absolute Gasteiger partial charge is 0.269 e. The van der Waals surface area contributed by atoms with Crippen molar-refractivity contribution >= 4 is 41.5 Å². The highest BCUT2D eigenvalue weighted by Gasteiger charge is 2.24. The van der Waals surface area contributed by atoms with Crippen molar-refractivity contribution in [3.05, 3.63) is 39.9 Å². The third-order valence-electron chi connectivity index (χ3n) is 5.20. The number of ether oxygens (including phenoxy) is 1. The van der Waals surface area contributed by atoms with Crippen molar-refractivity contribution in [2.24, 2.45) is 4.99 Å². The molecular formula is C19H29IN6O4. The van der Waals surface area contributed by atoms with Crippen LogP contribution in [0.1, 0.15) is 5.56 Å². The number of morpholine rings is 1. The highest BCUT2D eigenvalue weighted by molar-refractivity contribution is 14.0. The summed E-state index contributed by atoms with van der Waals surface area (Å²) in [5.41, 5.74) is 1.03. The summed E-state index contributed by atoms with van der Waals surface area (Å²) in [6.45, 7) is 6.76. The van der Waals surface area contributed by atoms with E-state index >= 15 is 0 Å². The first-order valence-electron chi connectivity index (χ1n) is 9.83. The number of nitrogens with zero attached hydrogens (tertiary/aromatic N) is 5. The Balaban J connectivity index is 0.00000320. The summed E-state index contributed by atoms with van der Waals surface area (Å²) in [5.74, 6) is 0.963.